The zero-order valence-corrected chi connectivity index (χ0v) is 13.0. The predicted octanol–water partition coefficient (Wildman–Crippen LogP) is 1.58. The number of piperidine rings is 1. The first kappa shape index (κ1) is 14.4. The summed E-state index contributed by atoms with van der Waals surface area (Å²) in [5, 5.41) is 14.2. The van der Waals surface area contributed by atoms with Gasteiger partial charge in [-0.05, 0) is 26.3 Å². The third-order valence-corrected chi connectivity index (χ3v) is 4.49. The second-order valence-electron chi connectivity index (χ2n) is 5.13. The van der Waals surface area contributed by atoms with Crippen LogP contribution in [0.5, 0.6) is 5.19 Å². The van der Waals surface area contributed by atoms with E-state index in [1.165, 1.54) is 19.3 Å². The summed E-state index contributed by atoms with van der Waals surface area (Å²) in [6.07, 6.45) is 7.08. The van der Waals surface area contributed by atoms with E-state index < -0.39 is 0 Å². The number of aromatic nitrogens is 5. The number of likely N-dealkylation sites (tertiary alicyclic amines) is 1. The van der Waals surface area contributed by atoms with Crippen LogP contribution in [0.2, 0.25) is 0 Å². The summed E-state index contributed by atoms with van der Waals surface area (Å²) in [6.45, 7) is 5.41. The molecule has 8 heteroatoms. The highest BCUT2D eigenvalue weighted by molar-refractivity contribution is 7.13. The quantitative estimate of drug-likeness (QED) is 0.807. The molecule has 1 aliphatic heterocycles. The Balaban J connectivity index is 1.63. The van der Waals surface area contributed by atoms with Crippen molar-refractivity contribution in [3.63, 3.8) is 0 Å². The molecule has 0 aromatic carbocycles. The van der Waals surface area contributed by atoms with Crippen molar-refractivity contribution in [1.29, 1.82) is 0 Å². The Hall–Kier alpha value is -1.54. The minimum absolute atomic E-state index is 0.486. The Labute approximate surface area is 128 Å². The van der Waals surface area contributed by atoms with Gasteiger partial charge in [0, 0.05) is 6.04 Å². The van der Waals surface area contributed by atoms with Gasteiger partial charge in [0.25, 0.3) is 5.19 Å². The summed E-state index contributed by atoms with van der Waals surface area (Å²) in [6, 6.07) is 0.486. The molecule has 21 heavy (non-hydrogen) atoms. The lowest BCUT2D eigenvalue weighted by Gasteiger charge is -2.34. The predicted molar refractivity (Wildman–Crippen MR) is 79.1 cm³/mol. The second kappa shape index (κ2) is 6.95. The van der Waals surface area contributed by atoms with Crippen molar-refractivity contribution in [1.82, 2.24) is 29.9 Å². The van der Waals surface area contributed by atoms with Gasteiger partial charge in [-0.2, -0.15) is 5.10 Å². The van der Waals surface area contributed by atoms with Crippen LogP contribution in [0.1, 0.15) is 31.2 Å². The maximum Gasteiger partial charge on any atom is 0.294 e. The smallest absolute Gasteiger partial charge is 0.294 e. The highest BCUT2D eigenvalue weighted by Gasteiger charge is 2.24. The van der Waals surface area contributed by atoms with Gasteiger partial charge in [0.1, 0.15) is 17.7 Å². The van der Waals surface area contributed by atoms with E-state index in [4.69, 9.17) is 4.74 Å². The molecule has 2 aromatic rings. The van der Waals surface area contributed by atoms with E-state index in [0.29, 0.717) is 17.8 Å². The minimum atomic E-state index is 0.486. The number of rotatable bonds is 6. The molecule has 0 spiro atoms. The van der Waals surface area contributed by atoms with Crippen LogP contribution in [0, 0.1) is 0 Å². The van der Waals surface area contributed by atoms with Crippen LogP contribution in [-0.4, -0.2) is 49.1 Å². The molecule has 0 aliphatic carbocycles. The van der Waals surface area contributed by atoms with Crippen molar-refractivity contribution >= 4 is 11.3 Å². The van der Waals surface area contributed by atoms with Crippen molar-refractivity contribution < 1.29 is 4.74 Å². The first-order chi connectivity index (χ1) is 10.3. The molecule has 0 saturated carbocycles. The largest absolute Gasteiger partial charge is 0.469 e. The Morgan fingerprint density at radius 3 is 3.14 bits per heavy atom. The van der Waals surface area contributed by atoms with E-state index in [0.717, 1.165) is 24.6 Å². The first-order valence-corrected chi connectivity index (χ1v) is 8.18. The Bertz CT molecular complexity index is 543. The van der Waals surface area contributed by atoms with E-state index in [9.17, 15) is 0 Å². The Kier molecular flexibility index (Phi) is 4.76. The second-order valence-corrected chi connectivity index (χ2v) is 6.16. The molecule has 1 atom stereocenters. The van der Waals surface area contributed by atoms with Crippen molar-refractivity contribution in [2.45, 2.75) is 45.3 Å². The summed E-state index contributed by atoms with van der Waals surface area (Å²) in [5.74, 6) is 0. The maximum absolute atomic E-state index is 5.39. The molecule has 0 amide bonds. The van der Waals surface area contributed by atoms with E-state index >= 15 is 0 Å². The molecule has 114 valence electrons. The zero-order valence-electron chi connectivity index (χ0n) is 12.2. The van der Waals surface area contributed by atoms with Crippen molar-refractivity contribution in [3.8, 4) is 5.19 Å². The van der Waals surface area contributed by atoms with Gasteiger partial charge in [-0.3, -0.25) is 9.58 Å². The van der Waals surface area contributed by atoms with Crippen LogP contribution in [0.4, 0.5) is 0 Å². The molecule has 1 aliphatic rings. The molecule has 3 rings (SSSR count). The summed E-state index contributed by atoms with van der Waals surface area (Å²) in [4.78, 5) is 6.49. The normalized spacial score (nSPS) is 19.8. The van der Waals surface area contributed by atoms with Crippen molar-refractivity contribution in [2.24, 2.45) is 0 Å². The first-order valence-electron chi connectivity index (χ1n) is 7.37. The van der Waals surface area contributed by atoms with Crippen molar-refractivity contribution in [3.05, 3.63) is 17.7 Å². The summed E-state index contributed by atoms with van der Waals surface area (Å²) in [7, 11) is 0. The van der Waals surface area contributed by atoms with Crippen molar-refractivity contribution in [2.75, 3.05) is 13.2 Å². The van der Waals surface area contributed by atoms with Crippen LogP contribution in [-0.2, 0) is 13.1 Å². The zero-order chi connectivity index (χ0) is 14.5. The summed E-state index contributed by atoms with van der Waals surface area (Å²) >= 11 is 1.54. The third-order valence-electron chi connectivity index (χ3n) is 3.67. The molecular weight excluding hydrogens is 288 g/mol. The van der Waals surface area contributed by atoms with Crippen LogP contribution in [0.25, 0.3) is 0 Å². The van der Waals surface area contributed by atoms with E-state index in [-0.39, 0.29) is 0 Å². The highest BCUT2D eigenvalue weighted by Crippen LogP contribution is 2.24. The average molecular weight is 308 g/mol. The molecule has 7 nitrogen and oxygen atoms in total. The fraction of sp³-hybridized carbons (Fsp3) is 0.692. The van der Waals surface area contributed by atoms with Gasteiger partial charge in [0.15, 0.2) is 0 Å². The van der Waals surface area contributed by atoms with Crippen LogP contribution >= 0.6 is 11.3 Å². The van der Waals surface area contributed by atoms with Gasteiger partial charge in [-0.1, -0.05) is 17.8 Å². The molecule has 1 fully saturated rings. The van der Waals surface area contributed by atoms with Gasteiger partial charge in [-0.25, -0.2) is 4.98 Å². The number of nitrogens with zero attached hydrogens (tertiary/aromatic N) is 6. The molecule has 0 unspecified atom stereocenters. The lowest BCUT2D eigenvalue weighted by atomic mass is 10.0. The highest BCUT2D eigenvalue weighted by atomic mass is 32.1. The summed E-state index contributed by atoms with van der Waals surface area (Å²) in [5.41, 5.74) is 0. The molecular formula is C13H20N6OS. The standard InChI is InChI=1S/C13H20N6OS/c1-2-20-13-17-16-12(21-13)8-18-6-4-3-5-11(18)7-19-10-14-9-15-19/h9-11H,2-8H2,1H3/t11-/m0/s1. The lowest BCUT2D eigenvalue weighted by Crippen LogP contribution is -2.41. The van der Waals surface area contributed by atoms with Gasteiger partial charge in [0.2, 0.25) is 0 Å². The van der Waals surface area contributed by atoms with Crippen LogP contribution in [0.15, 0.2) is 12.7 Å². The number of ether oxygens (including phenoxy) is 1. The fourth-order valence-electron chi connectivity index (χ4n) is 2.68. The van der Waals surface area contributed by atoms with E-state index in [1.807, 2.05) is 11.6 Å². The average Bonchev–Trinajstić information content (AvgIpc) is 3.14. The molecule has 0 bridgehead atoms. The molecule has 3 heterocycles. The SMILES string of the molecule is CCOc1nnc(CN2CCCC[C@H]2Cn2cncn2)s1. The third kappa shape index (κ3) is 3.76. The monoisotopic (exact) mass is 308 g/mol. The van der Waals surface area contributed by atoms with Crippen LogP contribution in [0.3, 0.4) is 0 Å². The molecule has 1 saturated heterocycles. The van der Waals surface area contributed by atoms with Gasteiger partial charge in [0.05, 0.1) is 19.7 Å². The van der Waals surface area contributed by atoms with Gasteiger partial charge < -0.3 is 4.74 Å². The minimum Gasteiger partial charge on any atom is -0.469 e. The molecule has 0 N–H and O–H groups in total. The topological polar surface area (TPSA) is 69.0 Å². The summed E-state index contributed by atoms with van der Waals surface area (Å²) < 4.78 is 7.30. The number of hydrogen-bond acceptors (Lipinski definition) is 7. The maximum atomic E-state index is 5.39. The van der Waals surface area contributed by atoms with Crippen LogP contribution < -0.4 is 4.74 Å². The fourth-order valence-corrected chi connectivity index (χ4v) is 3.45. The van der Waals surface area contributed by atoms with E-state index in [2.05, 4.69) is 25.2 Å². The van der Waals surface area contributed by atoms with Gasteiger partial charge in [-0.15, -0.1) is 10.2 Å². The Morgan fingerprint density at radius 2 is 2.33 bits per heavy atom. The molecule has 2 aromatic heterocycles. The van der Waals surface area contributed by atoms with E-state index in [1.54, 1.807) is 24.0 Å². The Morgan fingerprint density at radius 1 is 1.38 bits per heavy atom. The molecule has 0 radical (unpaired) electrons. The number of hydrogen-bond donors (Lipinski definition) is 0. The lowest BCUT2D eigenvalue weighted by molar-refractivity contribution is 0.121. The van der Waals surface area contributed by atoms with Gasteiger partial charge >= 0.3 is 0 Å².